The third-order valence-corrected chi connectivity index (χ3v) is 4.65. The summed E-state index contributed by atoms with van der Waals surface area (Å²) in [7, 11) is 0. The molecule has 0 saturated heterocycles. The molecule has 2 aromatic carbocycles. The molecule has 0 aliphatic rings. The van der Waals surface area contributed by atoms with Crippen molar-refractivity contribution >= 4 is 34.1 Å². The molecule has 1 N–H and O–H groups in total. The van der Waals surface area contributed by atoms with Gasteiger partial charge in [0, 0.05) is 11.6 Å². The molecular formula is C19H18Cl2N2O2. The minimum Gasteiger partial charge on any atom is -0.307 e. The van der Waals surface area contributed by atoms with Crippen molar-refractivity contribution in [1.29, 1.82) is 0 Å². The number of halogens is 2. The summed E-state index contributed by atoms with van der Waals surface area (Å²) >= 11 is 12.1. The molecule has 0 aliphatic heterocycles. The highest BCUT2D eigenvalue weighted by atomic mass is 35.5. The highest BCUT2D eigenvalue weighted by molar-refractivity contribution is 6.38. The number of hydrogen-bond donors (Lipinski definition) is 1. The summed E-state index contributed by atoms with van der Waals surface area (Å²) in [6, 6.07) is 9.41. The first kappa shape index (κ1) is 17.8. The molecule has 130 valence electrons. The van der Waals surface area contributed by atoms with E-state index >= 15 is 0 Å². The fourth-order valence-electron chi connectivity index (χ4n) is 3.16. The molecule has 6 heteroatoms. The van der Waals surface area contributed by atoms with E-state index in [9.17, 15) is 9.59 Å². The van der Waals surface area contributed by atoms with Crippen molar-refractivity contribution in [1.82, 2.24) is 9.55 Å². The molecule has 0 aliphatic carbocycles. The number of benzene rings is 2. The Hall–Kier alpha value is -2.04. The fraction of sp³-hybridized carbons (Fsp3) is 0.263. The van der Waals surface area contributed by atoms with E-state index in [1.54, 1.807) is 0 Å². The van der Waals surface area contributed by atoms with Crippen LogP contribution in [-0.2, 0) is 13.0 Å². The van der Waals surface area contributed by atoms with Gasteiger partial charge >= 0.3 is 5.69 Å². The third kappa shape index (κ3) is 3.80. The van der Waals surface area contributed by atoms with Gasteiger partial charge in [0.15, 0.2) is 0 Å². The smallest absolute Gasteiger partial charge is 0.307 e. The van der Waals surface area contributed by atoms with Crippen molar-refractivity contribution in [2.75, 3.05) is 0 Å². The maximum atomic E-state index is 12.6. The topological polar surface area (TPSA) is 54.9 Å². The van der Waals surface area contributed by atoms with E-state index in [0.29, 0.717) is 23.5 Å². The molecule has 1 heterocycles. The lowest BCUT2D eigenvalue weighted by molar-refractivity contribution is 0.597. The van der Waals surface area contributed by atoms with Gasteiger partial charge in [-0.05, 0) is 44.4 Å². The molecule has 0 saturated carbocycles. The Morgan fingerprint density at radius 3 is 2.36 bits per heavy atom. The van der Waals surface area contributed by atoms with E-state index in [0.717, 1.165) is 6.42 Å². The van der Waals surface area contributed by atoms with Crippen LogP contribution in [0.25, 0.3) is 10.9 Å². The standard InChI is InChI=1S/C19H18Cl2N2O2/c1-11-6-12(2)8-13(7-11)4-3-5-23-18(24)17-15(21)9-14(20)10-16(17)22-19(23)25/h6-10H,3-5H2,1-2H3,(H,22,25). The molecule has 4 nitrogen and oxygen atoms in total. The Balaban J connectivity index is 1.89. The number of nitrogens with one attached hydrogen (secondary N) is 1. The first-order valence-electron chi connectivity index (χ1n) is 8.04. The summed E-state index contributed by atoms with van der Waals surface area (Å²) in [4.78, 5) is 27.6. The first-order chi connectivity index (χ1) is 11.8. The van der Waals surface area contributed by atoms with Crippen molar-refractivity contribution < 1.29 is 0 Å². The van der Waals surface area contributed by atoms with Crippen LogP contribution in [0, 0.1) is 13.8 Å². The van der Waals surface area contributed by atoms with Crippen LogP contribution >= 0.6 is 23.2 Å². The van der Waals surface area contributed by atoms with Gasteiger partial charge in [-0.3, -0.25) is 9.36 Å². The average molecular weight is 377 g/mol. The summed E-state index contributed by atoms with van der Waals surface area (Å²) in [5.41, 5.74) is 3.14. The van der Waals surface area contributed by atoms with Gasteiger partial charge in [-0.2, -0.15) is 0 Å². The number of aromatic amines is 1. The monoisotopic (exact) mass is 376 g/mol. The average Bonchev–Trinajstić information content (AvgIpc) is 2.48. The maximum absolute atomic E-state index is 12.6. The Labute approximate surface area is 155 Å². The molecule has 0 fully saturated rings. The summed E-state index contributed by atoms with van der Waals surface area (Å²) in [6.07, 6.45) is 1.48. The van der Waals surface area contributed by atoms with Gasteiger partial charge in [0.2, 0.25) is 0 Å². The number of aryl methyl sites for hydroxylation is 3. The lowest BCUT2D eigenvalue weighted by Crippen LogP contribution is -2.35. The SMILES string of the molecule is Cc1cc(C)cc(CCCn2c(=O)[nH]c3cc(Cl)cc(Cl)c3c2=O)c1. The van der Waals surface area contributed by atoms with Gasteiger partial charge in [0.1, 0.15) is 0 Å². The second-order valence-electron chi connectivity index (χ2n) is 6.30. The van der Waals surface area contributed by atoms with E-state index in [1.807, 2.05) is 0 Å². The molecule has 3 rings (SSSR count). The molecule has 0 atom stereocenters. The number of H-pyrrole nitrogens is 1. The molecule has 3 aromatic rings. The second-order valence-corrected chi connectivity index (χ2v) is 7.14. The molecular weight excluding hydrogens is 359 g/mol. The highest BCUT2D eigenvalue weighted by Gasteiger charge is 2.12. The van der Waals surface area contributed by atoms with Gasteiger partial charge in [0.25, 0.3) is 5.56 Å². The van der Waals surface area contributed by atoms with Crippen molar-refractivity contribution in [3.8, 4) is 0 Å². The minimum atomic E-state index is -0.448. The van der Waals surface area contributed by atoms with E-state index in [2.05, 4.69) is 37.0 Å². The van der Waals surface area contributed by atoms with Gasteiger partial charge in [-0.15, -0.1) is 0 Å². The largest absolute Gasteiger partial charge is 0.328 e. The van der Waals surface area contributed by atoms with Gasteiger partial charge in [-0.25, -0.2) is 4.79 Å². The quantitative estimate of drug-likeness (QED) is 0.739. The number of aromatic nitrogens is 2. The van der Waals surface area contributed by atoms with Crippen molar-refractivity contribution in [2.24, 2.45) is 0 Å². The maximum Gasteiger partial charge on any atom is 0.328 e. The van der Waals surface area contributed by atoms with Crippen LogP contribution in [0.4, 0.5) is 0 Å². The van der Waals surface area contributed by atoms with Crippen molar-refractivity contribution in [3.05, 3.63) is 77.9 Å². The molecule has 0 unspecified atom stereocenters. The molecule has 0 amide bonds. The van der Waals surface area contributed by atoms with E-state index in [1.165, 1.54) is 33.4 Å². The van der Waals surface area contributed by atoms with Crippen LogP contribution in [0.3, 0.4) is 0 Å². The lowest BCUT2D eigenvalue weighted by atomic mass is 10.0. The van der Waals surface area contributed by atoms with Crippen LogP contribution in [0.2, 0.25) is 10.0 Å². The van der Waals surface area contributed by atoms with E-state index < -0.39 is 5.69 Å². The third-order valence-electron chi connectivity index (χ3n) is 4.13. The zero-order valence-corrected chi connectivity index (χ0v) is 15.5. The fourth-order valence-corrected chi connectivity index (χ4v) is 3.73. The zero-order chi connectivity index (χ0) is 18.1. The summed E-state index contributed by atoms with van der Waals surface area (Å²) in [6.45, 7) is 4.44. The van der Waals surface area contributed by atoms with E-state index in [-0.39, 0.29) is 16.0 Å². The Bertz CT molecular complexity index is 1050. The van der Waals surface area contributed by atoms with Crippen molar-refractivity contribution in [3.63, 3.8) is 0 Å². The Morgan fingerprint density at radius 1 is 1.00 bits per heavy atom. The van der Waals surface area contributed by atoms with Crippen LogP contribution in [0.5, 0.6) is 0 Å². The number of hydrogen-bond acceptors (Lipinski definition) is 2. The lowest BCUT2D eigenvalue weighted by Gasteiger charge is -2.09. The zero-order valence-electron chi connectivity index (χ0n) is 14.0. The van der Waals surface area contributed by atoms with Crippen molar-refractivity contribution in [2.45, 2.75) is 33.2 Å². The Kier molecular flexibility index (Phi) is 5.02. The predicted octanol–water partition coefficient (Wildman–Crippen LogP) is 4.25. The molecule has 0 bridgehead atoms. The molecule has 0 radical (unpaired) electrons. The molecule has 25 heavy (non-hydrogen) atoms. The number of fused-ring (bicyclic) bond motifs is 1. The van der Waals surface area contributed by atoms with Crippen LogP contribution in [0.1, 0.15) is 23.1 Å². The van der Waals surface area contributed by atoms with Crippen LogP contribution in [0.15, 0.2) is 39.9 Å². The van der Waals surface area contributed by atoms with Gasteiger partial charge < -0.3 is 4.98 Å². The summed E-state index contributed by atoms with van der Waals surface area (Å²) < 4.78 is 1.20. The number of rotatable bonds is 4. The molecule has 0 spiro atoms. The minimum absolute atomic E-state index is 0.242. The van der Waals surface area contributed by atoms with Gasteiger partial charge in [0.05, 0.1) is 15.9 Å². The normalized spacial score (nSPS) is 11.2. The Morgan fingerprint density at radius 2 is 1.68 bits per heavy atom. The summed E-state index contributed by atoms with van der Waals surface area (Å²) in [5.74, 6) is 0. The molecule has 1 aromatic heterocycles. The second kappa shape index (κ2) is 7.06. The summed E-state index contributed by atoms with van der Waals surface area (Å²) in [5, 5.41) is 0.906. The number of nitrogens with zero attached hydrogens (tertiary/aromatic N) is 1. The van der Waals surface area contributed by atoms with E-state index in [4.69, 9.17) is 23.2 Å². The van der Waals surface area contributed by atoms with Crippen LogP contribution < -0.4 is 11.2 Å². The van der Waals surface area contributed by atoms with Crippen LogP contribution in [-0.4, -0.2) is 9.55 Å². The predicted molar refractivity (Wildman–Crippen MR) is 103 cm³/mol. The van der Waals surface area contributed by atoms with Gasteiger partial charge in [-0.1, -0.05) is 52.5 Å². The highest BCUT2D eigenvalue weighted by Crippen LogP contribution is 2.23. The first-order valence-corrected chi connectivity index (χ1v) is 8.80.